The highest BCUT2D eigenvalue weighted by atomic mass is 127. The first-order valence-electron chi connectivity index (χ1n) is 10.2. The molecule has 0 radical (unpaired) electrons. The molecule has 3 rings (SSSR count). The molecule has 2 fully saturated rings. The molecule has 0 bridgehead atoms. The SMILES string of the molecule is CCNC(=NCC1(O)CCC1)NCC1CCCN(C)C1c1cccc(Cl)c1.I. The number of halogens is 2. The van der Waals surface area contributed by atoms with Crippen molar-refractivity contribution >= 4 is 41.5 Å². The Labute approximate surface area is 191 Å². The van der Waals surface area contributed by atoms with Gasteiger partial charge in [-0.3, -0.25) is 9.89 Å². The average molecular weight is 521 g/mol. The van der Waals surface area contributed by atoms with E-state index in [2.05, 4.69) is 46.6 Å². The van der Waals surface area contributed by atoms with E-state index in [1.807, 2.05) is 12.1 Å². The number of benzene rings is 1. The van der Waals surface area contributed by atoms with Crippen molar-refractivity contribution in [1.29, 1.82) is 0 Å². The van der Waals surface area contributed by atoms with E-state index in [4.69, 9.17) is 11.6 Å². The predicted octanol–water partition coefficient (Wildman–Crippen LogP) is 3.81. The maximum absolute atomic E-state index is 10.3. The number of nitrogens with zero attached hydrogens (tertiary/aromatic N) is 2. The van der Waals surface area contributed by atoms with Crippen LogP contribution in [0.5, 0.6) is 0 Å². The molecule has 1 aromatic carbocycles. The van der Waals surface area contributed by atoms with Crippen LogP contribution in [0, 0.1) is 5.92 Å². The van der Waals surface area contributed by atoms with Crippen molar-refractivity contribution in [2.24, 2.45) is 10.9 Å². The molecule has 7 heteroatoms. The van der Waals surface area contributed by atoms with E-state index in [-0.39, 0.29) is 24.0 Å². The summed E-state index contributed by atoms with van der Waals surface area (Å²) in [5, 5.41) is 17.9. The Balaban J connectivity index is 0.00000280. The molecule has 2 aliphatic rings. The van der Waals surface area contributed by atoms with Crippen LogP contribution in [-0.4, -0.2) is 54.8 Å². The van der Waals surface area contributed by atoms with E-state index < -0.39 is 5.60 Å². The summed E-state index contributed by atoms with van der Waals surface area (Å²) < 4.78 is 0. The Morgan fingerprint density at radius 2 is 2.11 bits per heavy atom. The van der Waals surface area contributed by atoms with Crippen molar-refractivity contribution in [3.05, 3.63) is 34.9 Å². The number of guanidine groups is 1. The largest absolute Gasteiger partial charge is 0.388 e. The molecule has 5 nitrogen and oxygen atoms in total. The second-order valence-electron chi connectivity index (χ2n) is 8.04. The molecule has 0 amide bonds. The van der Waals surface area contributed by atoms with E-state index in [1.165, 1.54) is 18.4 Å². The minimum absolute atomic E-state index is 0. The molecular formula is C21H34ClIN4O. The zero-order valence-electron chi connectivity index (χ0n) is 17.0. The molecule has 1 saturated heterocycles. The van der Waals surface area contributed by atoms with Crippen molar-refractivity contribution in [3.63, 3.8) is 0 Å². The number of likely N-dealkylation sites (tertiary alicyclic amines) is 1. The highest BCUT2D eigenvalue weighted by Crippen LogP contribution is 2.35. The van der Waals surface area contributed by atoms with Gasteiger partial charge in [0.25, 0.3) is 0 Å². The van der Waals surface area contributed by atoms with E-state index in [0.717, 1.165) is 49.9 Å². The molecule has 28 heavy (non-hydrogen) atoms. The Bertz CT molecular complexity index is 653. The standard InChI is InChI=1S/C21H33ClN4O.HI/c1-3-23-20(25-15-21(27)10-6-11-21)24-14-17-8-5-12-26(2)19(17)16-7-4-9-18(22)13-16;/h4,7,9,13,17,19,27H,3,5-6,8,10-12,14-15H2,1-2H3,(H2,23,24,25);1H. The van der Waals surface area contributed by atoms with Crippen molar-refractivity contribution in [2.75, 3.05) is 33.2 Å². The van der Waals surface area contributed by atoms with Gasteiger partial charge in [-0.1, -0.05) is 23.7 Å². The predicted molar refractivity (Wildman–Crippen MR) is 128 cm³/mol. The molecule has 1 aliphatic carbocycles. The minimum atomic E-state index is -0.587. The number of hydrogen-bond acceptors (Lipinski definition) is 3. The van der Waals surface area contributed by atoms with Crippen LogP contribution in [0.2, 0.25) is 5.02 Å². The van der Waals surface area contributed by atoms with Crippen LogP contribution < -0.4 is 10.6 Å². The van der Waals surface area contributed by atoms with Gasteiger partial charge in [-0.05, 0) is 76.2 Å². The third-order valence-electron chi connectivity index (χ3n) is 5.89. The molecule has 3 N–H and O–H groups in total. The number of nitrogens with one attached hydrogen (secondary N) is 2. The number of aliphatic hydroxyl groups is 1. The number of piperidine rings is 1. The Morgan fingerprint density at radius 3 is 2.75 bits per heavy atom. The summed E-state index contributed by atoms with van der Waals surface area (Å²) in [4.78, 5) is 7.07. The summed E-state index contributed by atoms with van der Waals surface area (Å²) in [6, 6.07) is 8.59. The Morgan fingerprint density at radius 1 is 1.32 bits per heavy atom. The molecule has 1 aromatic rings. The van der Waals surface area contributed by atoms with Crippen LogP contribution in [0.3, 0.4) is 0 Å². The number of rotatable bonds is 6. The van der Waals surface area contributed by atoms with Gasteiger partial charge in [0.05, 0.1) is 12.1 Å². The first-order valence-corrected chi connectivity index (χ1v) is 10.6. The minimum Gasteiger partial charge on any atom is -0.388 e. The molecule has 1 saturated carbocycles. The molecule has 0 aromatic heterocycles. The second-order valence-corrected chi connectivity index (χ2v) is 8.47. The topological polar surface area (TPSA) is 59.9 Å². The van der Waals surface area contributed by atoms with E-state index >= 15 is 0 Å². The maximum Gasteiger partial charge on any atom is 0.191 e. The quantitative estimate of drug-likeness (QED) is 0.303. The van der Waals surface area contributed by atoms with Crippen LogP contribution in [0.1, 0.15) is 50.6 Å². The summed E-state index contributed by atoms with van der Waals surface area (Å²) in [5.74, 6) is 1.29. The molecule has 2 unspecified atom stereocenters. The fraction of sp³-hybridized carbons (Fsp3) is 0.667. The molecule has 0 spiro atoms. The third kappa shape index (κ3) is 6.21. The van der Waals surface area contributed by atoms with Gasteiger partial charge in [0, 0.05) is 24.2 Å². The lowest BCUT2D eigenvalue weighted by Gasteiger charge is -2.40. The molecule has 1 heterocycles. The summed E-state index contributed by atoms with van der Waals surface area (Å²) in [6.45, 7) is 5.32. The van der Waals surface area contributed by atoms with Gasteiger partial charge in [-0.2, -0.15) is 0 Å². The van der Waals surface area contributed by atoms with Crippen LogP contribution >= 0.6 is 35.6 Å². The van der Waals surface area contributed by atoms with Gasteiger partial charge < -0.3 is 15.7 Å². The molecule has 158 valence electrons. The fourth-order valence-corrected chi connectivity index (χ4v) is 4.43. The Hall–Kier alpha value is -0.570. The summed E-state index contributed by atoms with van der Waals surface area (Å²) >= 11 is 6.24. The number of hydrogen-bond donors (Lipinski definition) is 3. The van der Waals surface area contributed by atoms with Gasteiger partial charge in [-0.25, -0.2) is 0 Å². The molecular weight excluding hydrogens is 487 g/mol. The lowest BCUT2D eigenvalue weighted by atomic mass is 9.80. The van der Waals surface area contributed by atoms with Gasteiger partial charge >= 0.3 is 0 Å². The monoisotopic (exact) mass is 520 g/mol. The second kappa shape index (κ2) is 11.0. The maximum atomic E-state index is 10.3. The van der Waals surface area contributed by atoms with Gasteiger partial charge in [0.15, 0.2) is 5.96 Å². The smallest absolute Gasteiger partial charge is 0.191 e. The highest BCUT2D eigenvalue weighted by Gasteiger charge is 2.34. The van der Waals surface area contributed by atoms with Crippen molar-refractivity contribution < 1.29 is 5.11 Å². The normalized spacial score (nSPS) is 24.8. The van der Waals surface area contributed by atoms with Crippen molar-refractivity contribution in [1.82, 2.24) is 15.5 Å². The fourth-order valence-electron chi connectivity index (χ4n) is 4.23. The van der Waals surface area contributed by atoms with Gasteiger partial charge in [0.2, 0.25) is 0 Å². The van der Waals surface area contributed by atoms with Gasteiger partial charge in [-0.15, -0.1) is 24.0 Å². The first-order chi connectivity index (χ1) is 13.0. The first kappa shape index (κ1) is 23.7. The van der Waals surface area contributed by atoms with Crippen LogP contribution in [-0.2, 0) is 0 Å². The van der Waals surface area contributed by atoms with Crippen LogP contribution in [0.25, 0.3) is 0 Å². The molecule has 1 aliphatic heterocycles. The zero-order valence-corrected chi connectivity index (χ0v) is 20.0. The highest BCUT2D eigenvalue weighted by molar-refractivity contribution is 14.0. The van der Waals surface area contributed by atoms with Crippen molar-refractivity contribution in [2.45, 2.75) is 50.7 Å². The van der Waals surface area contributed by atoms with Gasteiger partial charge in [0.1, 0.15) is 0 Å². The summed E-state index contributed by atoms with van der Waals surface area (Å²) in [7, 11) is 2.20. The summed E-state index contributed by atoms with van der Waals surface area (Å²) in [6.07, 6.45) is 5.21. The number of aliphatic imine (C=N–C) groups is 1. The lowest BCUT2D eigenvalue weighted by Crippen LogP contribution is -2.46. The Kier molecular flexibility index (Phi) is 9.31. The van der Waals surface area contributed by atoms with E-state index in [1.54, 1.807) is 0 Å². The zero-order chi connectivity index (χ0) is 19.3. The van der Waals surface area contributed by atoms with Crippen LogP contribution in [0.15, 0.2) is 29.3 Å². The van der Waals surface area contributed by atoms with E-state index in [9.17, 15) is 5.11 Å². The van der Waals surface area contributed by atoms with Crippen molar-refractivity contribution in [3.8, 4) is 0 Å². The molecule has 2 atom stereocenters. The lowest BCUT2D eigenvalue weighted by molar-refractivity contribution is -0.0236. The van der Waals surface area contributed by atoms with E-state index in [0.29, 0.717) is 18.5 Å². The summed E-state index contributed by atoms with van der Waals surface area (Å²) in [5.41, 5.74) is 0.693. The third-order valence-corrected chi connectivity index (χ3v) is 6.12. The van der Waals surface area contributed by atoms with Crippen LogP contribution in [0.4, 0.5) is 0 Å². The average Bonchev–Trinajstić information content (AvgIpc) is 2.62.